The number of aromatic nitrogens is 2. The fourth-order valence-corrected chi connectivity index (χ4v) is 3.73. The van der Waals surface area contributed by atoms with Crippen molar-refractivity contribution in [2.24, 2.45) is 0 Å². The molecule has 2 amide bonds. The van der Waals surface area contributed by atoms with Gasteiger partial charge in [-0.3, -0.25) is 9.59 Å². The van der Waals surface area contributed by atoms with E-state index in [1.807, 2.05) is 54.7 Å². The maximum atomic E-state index is 12.1. The Morgan fingerprint density at radius 1 is 0.900 bits per heavy atom. The number of thioether (sulfide) groups is 1. The highest BCUT2D eigenvalue weighted by molar-refractivity contribution is 8.00. The molecule has 0 aliphatic rings. The summed E-state index contributed by atoms with van der Waals surface area (Å²) in [6, 6.07) is 23.4. The van der Waals surface area contributed by atoms with Crippen LogP contribution in [-0.4, -0.2) is 33.9 Å². The van der Waals surface area contributed by atoms with Crippen LogP contribution in [0.5, 0.6) is 0 Å². The van der Waals surface area contributed by atoms with Gasteiger partial charge >= 0.3 is 0 Å². The Labute approximate surface area is 178 Å². The zero-order valence-corrected chi connectivity index (χ0v) is 16.9. The summed E-state index contributed by atoms with van der Waals surface area (Å²) in [4.78, 5) is 25.2. The van der Waals surface area contributed by atoms with E-state index in [9.17, 15) is 9.59 Å². The predicted octanol–water partition coefficient (Wildman–Crippen LogP) is 3.87. The van der Waals surface area contributed by atoms with E-state index in [1.165, 1.54) is 17.1 Å². The van der Waals surface area contributed by atoms with Gasteiger partial charge in [-0.15, -0.1) is 11.8 Å². The van der Waals surface area contributed by atoms with Crippen molar-refractivity contribution in [1.82, 2.24) is 15.1 Å². The molecule has 0 radical (unpaired) electrons. The van der Waals surface area contributed by atoms with Crippen molar-refractivity contribution in [2.45, 2.75) is 4.90 Å². The molecule has 2 N–H and O–H groups in total. The zero-order valence-electron chi connectivity index (χ0n) is 16.1. The average Bonchev–Trinajstić information content (AvgIpc) is 3.31. The van der Waals surface area contributed by atoms with E-state index < -0.39 is 0 Å². The number of carbonyl (C=O) groups is 2. The van der Waals surface area contributed by atoms with Crippen LogP contribution in [0.15, 0.2) is 90.1 Å². The molecular weight excluding hydrogens is 396 g/mol. The number of hydrogen-bond acceptors (Lipinski definition) is 4. The van der Waals surface area contributed by atoms with Gasteiger partial charge in [0, 0.05) is 23.0 Å². The number of hydrogen-bond donors (Lipinski definition) is 2. The summed E-state index contributed by atoms with van der Waals surface area (Å²) < 4.78 is 1.74. The molecule has 0 unspecified atom stereocenters. The number of nitrogens with zero attached hydrogens (tertiary/aromatic N) is 2. The topological polar surface area (TPSA) is 76.0 Å². The maximum absolute atomic E-state index is 12.1. The Hall–Kier alpha value is -3.58. The second kappa shape index (κ2) is 9.28. The van der Waals surface area contributed by atoms with Gasteiger partial charge < -0.3 is 10.6 Å². The molecule has 0 fully saturated rings. The van der Waals surface area contributed by atoms with Crippen LogP contribution in [0, 0.1) is 0 Å². The lowest BCUT2D eigenvalue weighted by atomic mass is 10.1. The quantitative estimate of drug-likeness (QED) is 0.449. The normalized spacial score (nSPS) is 10.7. The van der Waals surface area contributed by atoms with Gasteiger partial charge in [0.1, 0.15) is 0 Å². The molecule has 3 aromatic carbocycles. The third-order valence-electron chi connectivity index (χ3n) is 4.46. The third-order valence-corrected chi connectivity index (χ3v) is 5.45. The fraction of sp³-hybridized carbons (Fsp3) is 0.0870. The molecule has 0 aliphatic carbocycles. The van der Waals surface area contributed by atoms with Crippen molar-refractivity contribution < 1.29 is 9.59 Å². The largest absolute Gasteiger partial charge is 0.346 e. The zero-order chi connectivity index (χ0) is 20.8. The molecule has 4 rings (SSSR count). The lowest BCUT2D eigenvalue weighted by molar-refractivity contribution is -0.122. The van der Waals surface area contributed by atoms with Crippen molar-refractivity contribution in [2.75, 3.05) is 17.6 Å². The Kier molecular flexibility index (Phi) is 6.10. The van der Waals surface area contributed by atoms with E-state index in [0.29, 0.717) is 5.69 Å². The number of amides is 2. The van der Waals surface area contributed by atoms with Crippen molar-refractivity contribution in [1.29, 1.82) is 0 Å². The van der Waals surface area contributed by atoms with E-state index in [4.69, 9.17) is 0 Å². The SMILES string of the molecule is O=C(CSc1ccc2ccccc2c1)NCC(=O)Nc1ccc(-n2cccn2)cc1. The lowest BCUT2D eigenvalue weighted by Gasteiger charge is -2.08. The molecule has 30 heavy (non-hydrogen) atoms. The second-order valence-corrected chi connectivity index (χ2v) is 7.67. The number of anilines is 1. The van der Waals surface area contributed by atoms with Crippen LogP contribution in [0.1, 0.15) is 0 Å². The molecular formula is C23H20N4O2S. The molecule has 6 nitrogen and oxygen atoms in total. The van der Waals surface area contributed by atoms with E-state index in [2.05, 4.69) is 27.9 Å². The summed E-state index contributed by atoms with van der Waals surface area (Å²) in [5, 5.41) is 11.9. The Bertz CT molecular complexity index is 1160. The van der Waals surface area contributed by atoms with Gasteiger partial charge in [0.15, 0.2) is 0 Å². The van der Waals surface area contributed by atoms with E-state index in [-0.39, 0.29) is 24.1 Å². The minimum atomic E-state index is -0.272. The molecule has 0 saturated heterocycles. The van der Waals surface area contributed by atoms with Gasteiger partial charge in [-0.2, -0.15) is 5.10 Å². The van der Waals surface area contributed by atoms with Crippen LogP contribution >= 0.6 is 11.8 Å². The number of carbonyl (C=O) groups excluding carboxylic acids is 2. The van der Waals surface area contributed by atoms with E-state index >= 15 is 0 Å². The number of benzene rings is 3. The molecule has 0 atom stereocenters. The van der Waals surface area contributed by atoms with E-state index in [1.54, 1.807) is 23.0 Å². The average molecular weight is 417 g/mol. The number of nitrogens with one attached hydrogen (secondary N) is 2. The first kappa shape index (κ1) is 19.7. The van der Waals surface area contributed by atoms with Crippen LogP contribution in [-0.2, 0) is 9.59 Å². The lowest BCUT2D eigenvalue weighted by Crippen LogP contribution is -2.33. The van der Waals surface area contributed by atoms with Crippen molar-refractivity contribution in [3.63, 3.8) is 0 Å². The molecule has 1 heterocycles. The molecule has 7 heteroatoms. The van der Waals surface area contributed by atoms with Gasteiger partial charge in [0.25, 0.3) is 0 Å². The van der Waals surface area contributed by atoms with Crippen molar-refractivity contribution >= 4 is 40.0 Å². The highest BCUT2D eigenvalue weighted by Crippen LogP contribution is 2.23. The van der Waals surface area contributed by atoms with E-state index in [0.717, 1.165) is 16.0 Å². The highest BCUT2D eigenvalue weighted by Gasteiger charge is 2.08. The molecule has 150 valence electrons. The van der Waals surface area contributed by atoms with Gasteiger partial charge in [-0.05, 0) is 53.2 Å². The molecule has 4 aromatic rings. The summed E-state index contributed by atoms with van der Waals surface area (Å²) in [5.41, 5.74) is 1.56. The van der Waals surface area contributed by atoms with Gasteiger partial charge in [-0.1, -0.05) is 30.3 Å². The first-order valence-corrected chi connectivity index (χ1v) is 10.4. The molecule has 0 spiro atoms. The first-order valence-electron chi connectivity index (χ1n) is 9.46. The predicted molar refractivity (Wildman–Crippen MR) is 120 cm³/mol. The van der Waals surface area contributed by atoms with Gasteiger partial charge in [0.05, 0.1) is 18.0 Å². The molecule has 0 aliphatic heterocycles. The highest BCUT2D eigenvalue weighted by atomic mass is 32.2. The summed E-state index contributed by atoms with van der Waals surface area (Å²) >= 11 is 1.45. The minimum Gasteiger partial charge on any atom is -0.346 e. The minimum absolute atomic E-state index is 0.0714. The van der Waals surface area contributed by atoms with Crippen LogP contribution in [0.3, 0.4) is 0 Å². The standard InChI is InChI=1S/C23H20N4O2S/c28-22(26-19-7-9-20(10-8-19)27-13-3-12-25-27)15-24-23(29)16-30-21-11-6-17-4-1-2-5-18(17)14-21/h1-14H,15-16H2,(H,24,29)(H,26,28). The van der Waals surface area contributed by atoms with Crippen LogP contribution in [0.25, 0.3) is 16.5 Å². The second-order valence-electron chi connectivity index (χ2n) is 6.62. The Morgan fingerprint density at radius 2 is 1.70 bits per heavy atom. The van der Waals surface area contributed by atoms with Crippen molar-refractivity contribution in [3.05, 3.63) is 85.2 Å². The number of rotatable bonds is 7. The van der Waals surface area contributed by atoms with Crippen molar-refractivity contribution in [3.8, 4) is 5.69 Å². The Balaban J connectivity index is 1.22. The summed E-state index contributed by atoms with van der Waals surface area (Å²) in [6.45, 7) is -0.0714. The summed E-state index contributed by atoms with van der Waals surface area (Å²) in [5.74, 6) is -0.201. The molecule has 0 bridgehead atoms. The fourth-order valence-electron chi connectivity index (χ4n) is 2.96. The van der Waals surface area contributed by atoms with Gasteiger partial charge in [0.2, 0.25) is 11.8 Å². The summed E-state index contributed by atoms with van der Waals surface area (Å²) in [7, 11) is 0. The van der Waals surface area contributed by atoms with Crippen LogP contribution in [0.4, 0.5) is 5.69 Å². The maximum Gasteiger partial charge on any atom is 0.243 e. The van der Waals surface area contributed by atoms with Crippen LogP contribution in [0.2, 0.25) is 0 Å². The molecule has 1 aromatic heterocycles. The van der Waals surface area contributed by atoms with Crippen LogP contribution < -0.4 is 10.6 Å². The number of fused-ring (bicyclic) bond motifs is 1. The monoisotopic (exact) mass is 416 g/mol. The molecule has 0 saturated carbocycles. The first-order chi connectivity index (χ1) is 14.7. The summed E-state index contributed by atoms with van der Waals surface area (Å²) in [6.07, 6.45) is 3.55. The Morgan fingerprint density at radius 3 is 2.47 bits per heavy atom. The van der Waals surface area contributed by atoms with Gasteiger partial charge in [-0.25, -0.2) is 4.68 Å². The smallest absolute Gasteiger partial charge is 0.243 e. The third kappa shape index (κ3) is 5.07.